The molecule has 0 unspecified atom stereocenters. The van der Waals surface area contributed by atoms with E-state index in [-0.39, 0.29) is 10.6 Å². The highest BCUT2D eigenvalue weighted by molar-refractivity contribution is 7.13. The van der Waals surface area contributed by atoms with E-state index < -0.39 is 24.2 Å². The summed E-state index contributed by atoms with van der Waals surface area (Å²) in [6.07, 6.45) is 0. The van der Waals surface area contributed by atoms with Gasteiger partial charge in [0.05, 0.1) is 10.7 Å². The third-order valence-electron chi connectivity index (χ3n) is 3.59. The molecule has 0 bridgehead atoms. The van der Waals surface area contributed by atoms with Gasteiger partial charge in [-0.2, -0.15) is 0 Å². The van der Waals surface area contributed by atoms with Crippen LogP contribution in [0.5, 0.6) is 5.75 Å². The summed E-state index contributed by atoms with van der Waals surface area (Å²) in [7, 11) is 0. The van der Waals surface area contributed by atoms with Crippen molar-refractivity contribution in [2.45, 2.75) is 6.92 Å². The van der Waals surface area contributed by atoms with Crippen LogP contribution < -0.4 is 5.32 Å². The normalized spacial score (nSPS) is 10.4. The van der Waals surface area contributed by atoms with Gasteiger partial charge in [-0.25, -0.2) is 9.78 Å². The van der Waals surface area contributed by atoms with E-state index in [1.54, 1.807) is 18.4 Å². The van der Waals surface area contributed by atoms with Crippen LogP contribution in [0.3, 0.4) is 0 Å². The molecule has 0 atom stereocenters. The van der Waals surface area contributed by atoms with Crippen molar-refractivity contribution in [1.82, 2.24) is 4.98 Å². The highest BCUT2D eigenvalue weighted by atomic mass is 35.5. The summed E-state index contributed by atoms with van der Waals surface area (Å²) < 4.78 is 5.00. The quantitative estimate of drug-likeness (QED) is 0.622. The van der Waals surface area contributed by atoms with Crippen LogP contribution in [0.1, 0.15) is 16.1 Å². The number of halogens is 1. The van der Waals surface area contributed by atoms with Gasteiger partial charge in [-0.3, -0.25) is 10.1 Å². The van der Waals surface area contributed by atoms with Gasteiger partial charge >= 0.3 is 5.97 Å². The molecule has 2 aromatic carbocycles. The van der Waals surface area contributed by atoms with Gasteiger partial charge in [0.25, 0.3) is 5.91 Å². The van der Waals surface area contributed by atoms with Crippen molar-refractivity contribution in [2.24, 2.45) is 0 Å². The average molecular weight is 403 g/mol. The predicted octanol–water partition coefficient (Wildman–Crippen LogP) is 4.27. The van der Waals surface area contributed by atoms with Crippen LogP contribution in [0.15, 0.2) is 47.8 Å². The molecular formula is C19H15ClN2O4S. The first-order chi connectivity index (χ1) is 12.9. The molecule has 138 valence electrons. The van der Waals surface area contributed by atoms with Crippen molar-refractivity contribution in [3.63, 3.8) is 0 Å². The number of aromatic hydroxyl groups is 1. The molecule has 0 aliphatic rings. The van der Waals surface area contributed by atoms with Gasteiger partial charge in [-0.05, 0) is 30.2 Å². The number of benzene rings is 2. The second kappa shape index (κ2) is 8.20. The Morgan fingerprint density at radius 1 is 1.22 bits per heavy atom. The molecule has 27 heavy (non-hydrogen) atoms. The summed E-state index contributed by atoms with van der Waals surface area (Å²) in [6, 6.07) is 12.3. The summed E-state index contributed by atoms with van der Waals surface area (Å²) in [4.78, 5) is 28.3. The molecule has 0 saturated heterocycles. The van der Waals surface area contributed by atoms with Crippen LogP contribution in [0.4, 0.5) is 5.13 Å². The second-order valence-electron chi connectivity index (χ2n) is 5.64. The molecule has 3 rings (SSSR count). The molecule has 3 aromatic rings. The number of thiazole rings is 1. The summed E-state index contributed by atoms with van der Waals surface area (Å²) in [5.74, 6) is -1.77. The van der Waals surface area contributed by atoms with E-state index in [0.29, 0.717) is 10.7 Å². The van der Waals surface area contributed by atoms with E-state index in [1.807, 2.05) is 30.3 Å². The third-order valence-corrected chi connectivity index (χ3v) is 4.75. The molecule has 1 aromatic heterocycles. The first kappa shape index (κ1) is 18.9. The summed E-state index contributed by atoms with van der Waals surface area (Å²) in [6.45, 7) is 1.29. The number of rotatable bonds is 5. The number of amides is 1. The highest BCUT2D eigenvalue weighted by Crippen LogP contribution is 2.33. The second-order valence-corrected chi connectivity index (χ2v) is 6.90. The smallest absolute Gasteiger partial charge is 0.342 e. The fraction of sp³-hybridized carbons (Fsp3) is 0.105. The standard InChI is InChI=1S/C19H15ClN2O4S/c1-11-10-27-19(21-11)22-16(23)9-26-18(25)14-7-13(8-15(20)17(14)24)12-5-3-2-4-6-12/h2-8,10,24H,9H2,1H3,(H,21,22,23). The molecular weight excluding hydrogens is 388 g/mol. The molecule has 1 heterocycles. The Kier molecular flexibility index (Phi) is 5.73. The first-order valence-corrected chi connectivity index (χ1v) is 9.17. The minimum atomic E-state index is -0.849. The number of phenols is 1. The van der Waals surface area contributed by atoms with Crippen molar-refractivity contribution >= 4 is 39.9 Å². The van der Waals surface area contributed by atoms with Crippen molar-refractivity contribution < 1.29 is 19.4 Å². The molecule has 0 fully saturated rings. The zero-order chi connectivity index (χ0) is 19.4. The maximum atomic E-state index is 12.3. The van der Waals surface area contributed by atoms with Gasteiger partial charge in [-0.1, -0.05) is 41.9 Å². The minimum Gasteiger partial charge on any atom is -0.505 e. The van der Waals surface area contributed by atoms with E-state index in [9.17, 15) is 14.7 Å². The van der Waals surface area contributed by atoms with Gasteiger partial charge in [0.15, 0.2) is 11.7 Å². The number of nitrogens with zero attached hydrogens (tertiary/aromatic N) is 1. The van der Waals surface area contributed by atoms with Crippen LogP contribution in [-0.4, -0.2) is 28.6 Å². The van der Waals surface area contributed by atoms with Gasteiger partial charge in [0, 0.05) is 5.38 Å². The molecule has 0 aliphatic carbocycles. The van der Waals surface area contributed by atoms with E-state index in [1.165, 1.54) is 17.4 Å². The monoisotopic (exact) mass is 402 g/mol. The van der Waals surface area contributed by atoms with E-state index in [2.05, 4.69) is 10.3 Å². The highest BCUT2D eigenvalue weighted by Gasteiger charge is 2.19. The van der Waals surface area contributed by atoms with E-state index >= 15 is 0 Å². The molecule has 0 radical (unpaired) electrons. The number of esters is 1. The number of anilines is 1. The Labute approximate surface area is 164 Å². The van der Waals surface area contributed by atoms with Crippen LogP contribution in [0.25, 0.3) is 11.1 Å². The topological polar surface area (TPSA) is 88.5 Å². The third kappa shape index (κ3) is 4.64. The average Bonchev–Trinajstić information content (AvgIpc) is 3.07. The molecule has 0 aliphatic heterocycles. The largest absolute Gasteiger partial charge is 0.505 e. The van der Waals surface area contributed by atoms with Crippen molar-refractivity contribution in [1.29, 1.82) is 0 Å². The Morgan fingerprint density at radius 2 is 1.96 bits per heavy atom. The van der Waals surface area contributed by atoms with Gasteiger partial charge < -0.3 is 9.84 Å². The SMILES string of the molecule is Cc1csc(NC(=O)COC(=O)c2cc(-c3ccccc3)cc(Cl)c2O)n1. The lowest BCUT2D eigenvalue weighted by Crippen LogP contribution is -2.21. The van der Waals surface area contributed by atoms with Crippen molar-refractivity contribution in [3.05, 3.63) is 64.1 Å². The number of aryl methyl sites for hydroxylation is 1. The Morgan fingerprint density at radius 3 is 2.63 bits per heavy atom. The summed E-state index contributed by atoms with van der Waals surface area (Å²) in [5.41, 5.74) is 2.14. The van der Waals surface area contributed by atoms with Crippen molar-refractivity contribution in [2.75, 3.05) is 11.9 Å². The fourth-order valence-corrected chi connectivity index (χ4v) is 3.25. The molecule has 2 N–H and O–H groups in total. The minimum absolute atomic E-state index is 0.0195. The molecule has 8 heteroatoms. The maximum absolute atomic E-state index is 12.3. The van der Waals surface area contributed by atoms with Gasteiger partial charge in [-0.15, -0.1) is 11.3 Å². The molecule has 0 spiro atoms. The van der Waals surface area contributed by atoms with Gasteiger partial charge in [0.2, 0.25) is 0 Å². The van der Waals surface area contributed by atoms with Gasteiger partial charge in [0.1, 0.15) is 11.3 Å². The number of hydrogen-bond acceptors (Lipinski definition) is 6. The number of hydrogen-bond donors (Lipinski definition) is 2. The van der Waals surface area contributed by atoms with E-state index in [0.717, 1.165) is 11.3 Å². The Hall–Kier alpha value is -2.90. The number of ether oxygens (including phenoxy) is 1. The van der Waals surface area contributed by atoms with Crippen LogP contribution >= 0.6 is 22.9 Å². The number of carbonyl (C=O) groups is 2. The Balaban J connectivity index is 1.72. The lowest BCUT2D eigenvalue weighted by atomic mass is 10.0. The zero-order valence-corrected chi connectivity index (χ0v) is 15.8. The predicted molar refractivity (Wildman–Crippen MR) is 104 cm³/mol. The first-order valence-electron chi connectivity index (χ1n) is 7.91. The zero-order valence-electron chi connectivity index (χ0n) is 14.2. The molecule has 1 amide bonds. The summed E-state index contributed by atoms with van der Waals surface area (Å²) in [5, 5.41) is 14.9. The van der Waals surface area contributed by atoms with Crippen LogP contribution in [0.2, 0.25) is 5.02 Å². The number of aromatic nitrogens is 1. The number of nitrogens with one attached hydrogen (secondary N) is 1. The van der Waals surface area contributed by atoms with E-state index in [4.69, 9.17) is 16.3 Å². The van der Waals surface area contributed by atoms with Crippen molar-refractivity contribution in [3.8, 4) is 16.9 Å². The number of phenolic OH excluding ortho intramolecular Hbond substituents is 1. The lowest BCUT2D eigenvalue weighted by molar-refractivity contribution is -0.119. The fourth-order valence-electron chi connectivity index (χ4n) is 2.33. The molecule has 0 saturated carbocycles. The molecule has 6 nitrogen and oxygen atoms in total. The number of carbonyl (C=O) groups excluding carboxylic acids is 2. The van der Waals surface area contributed by atoms with Crippen LogP contribution in [-0.2, 0) is 9.53 Å². The lowest BCUT2D eigenvalue weighted by Gasteiger charge is -2.10. The van der Waals surface area contributed by atoms with Crippen LogP contribution in [0, 0.1) is 6.92 Å². The Bertz CT molecular complexity index is 989. The maximum Gasteiger partial charge on any atom is 0.342 e. The summed E-state index contributed by atoms with van der Waals surface area (Å²) >= 11 is 7.31.